The third kappa shape index (κ3) is 3.40. The molecule has 2 aromatic rings. The molecule has 0 bridgehead atoms. The number of halogens is 1. The van der Waals surface area contributed by atoms with Crippen molar-refractivity contribution in [2.45, 2.75) is 26.8 Å². The van der Waals surface area contributed by atoms with Gasteiger partial charge in [-0.05, 0) is 31.0 Å². The zero-order valence-corrected chi connectivity index (χ0v) is 10.9. The molecule has 1 heterocycles. The van der Waals surface area contributed by atoms with Crippen LogP contribution in [0, 0.1) is 12.7 Å². The number of benzene rings is 1. The quantitative estimate of drug-likeness (QED) is 0.888. The van der Waals surface area contributed by atoms with Gasteiger partial charge in [-0.1, -0.05) is 13.0 Å². The summed E-state index contributed by atoms with van der Waals surface area (Å²) >= 11 is 0. The molecule has 0 radical (unpaired) electrons. The minimum absolute atomic E-state index is 0.338. The number of nitrogens with zero attached hydrogens (tertiary/aromatic N) is 2. The summed E-state index contributed by atoms with van der Waals surface area (Å²) in [5.41, 5.74) is 1.71. The Morgan fingerprint density at radius 3 is 2.74 bits per heavy atom. The lowest BCUT2D eigenvalue weighted by molar-refractivity contribution is 0.432. The van der Waals surface area contributed by atoms with E-state index < -0.39 is 5.82 Å². The van der Waals surface area contributed by atoms with Gasteiger partial charge in [0.05, 0.1) is 0 Å². The second-order valence-electron chi connectivity index (χ2n) is 4.28. The van der Waals surface area contributed by atoms with Crippen molar-refractivity contribution in [2.24, 2.45) is 0 Å². The summed E-state index contributed by atoms with van der Waals surface area (Å²) in [7, 11) is 0. The van der Waals surface area contributed by atoms with Gasteiger partial charge in [0.25, 0.3) is 0 Å². The maximum atomic E-state index is 13.2. The molecule has 4 nitrogen and oxygen atoms in total. The Morgan fingerprint density at radius 1 is 1.26 bits per heavy atom. The summed E-state index contributed by atoms with van der Waals surface area (Å²) in [6.07, 6.45) is 0.839. The normalized spacial score (nSPS) is 10.5. The van der Waals surface area contributed by atoms with E-state index in [0.29, 0.717) is 12.4 Å². The number of rotatable bonds is 4. The molecule has 0 saturated heterocycles. The number of nitrogens with one attached hydrogen (secondary N) is 1. The first kappa shape index (κ1) is 13.3. The first-order chi connectivity index (χ1) is 9.08. The predicted octanol–water partition coefficient (Wildman–Crippen LogP) is 2.80. The topological polar surface area (TPSA) is 58.0 Å². The zero-order valence-electron chi connectivity index (χ0n) is 10.9. The number of hydrogen-bond acceptors (Lipinski definition) is 4. The molecule has 0 atom stereocenters. The Morgan fingerprint density at radius 2 is 2.05 bits per heavy atom. The molecule has 2 N–H and O–H groups in total. The van der Waals surface area contributed by atoms with E-state index in [2.05, 4.69) is 15.3 Å². The molecular weight excluding hydrogens is 245 g/mol. The lowest BCUT2D eigenvalue weighted by Crippen LogP contribution is -2.05. The Balaban J connectivity index is 2.09. The Hall–Kier alpha value is -2.17. The fourth-order valence-corrected chi connectivity index (χ4v) is 1.75. The number of aromatic hydroxyl groups is 1. The summed E-state index contributed by atoms with van der Waals surface area (Å²) in [4.78, 5) is 8.56. The van der Waals surface area contributed by atoms with Crippen LogP contribution in [0.25, 0.3) is 0 Å². The molecule has 0 aliphatic carbocycles. The van der Waals surface area contributed by atoms with Crippen LogP contribution in [0.4, 0.5) is 10.2 Å². The van der Waals surface area contributed by atoms with Gasteiger partial charge in [-0.2, -0.15) is 0 Å². The average molecular weight is 261 g/mol. The standard InChI is InChI=1S/C14H16FN3O/c1-3-11-7-14(18-9(2)17-11)16-8-10-4-5-13(19)12(15)6-10/h4-7,19H,3,8H2,1-2H3,(H,16,17,18). The summed E-state index contributed by atoms with van der Waals surface area (Å²) in [5, 5.41) is 12.2. The predicted molar refractivity (Wildman–Crippen MR) is 71.5 cm³/mol. The summed E-state index contributed by atoms with van der Waals surface area (Å²) < 4.78 is 13.2. The molecule has 0 spiro atoms. The van der Waals surface area contributed by atoms with Gasteiger partial charge in [0.2, 0.25) is 0 Å². The highest BCUT2D eigenvalue weighted by Gasteiger charge is 2.03. The highest BCUT2D eigenvalue weighted by molar-refractivity contribution is 5.38. The number of phenols is 1. The fourth-order valence-electron chi connectivity index (χ4n) is 1.75. The highest BCUT2D eigenvalue weighted by Crippen LogP contribution is 2.17. The van der Waals surface area contributed by atoms with E-state index in [4.69, 9.17) is 5.11 Å². The number of aryl methyl sites for hydroxylation is 2. The molecule has 5 heteroatoms. The van der Waals surface area contributed by atoms with Gasteiger partial charge in [0.1, 0.15) is 11.6 Å². The zero-order chi connectivity index (χ0) is 13.8. The molecule has 0 unspecified atom stereocenters. The molecule has 100 valence electrons. The fraction of sp³-hybridized carbons (Fsp3) is 0.286. The average Bonchev–Trinajstić information content (AvgIpc) is 2.39. The van der Waals surface area contributed by atoms with Gasteiger partial charge in [-0.3, -0.25) is 0 Å². The van der Waals surface area contributed by atoms with Crippen molar-refractivity contribution in [3.8, 4) is 5.75 Å². The van der Waals surface area contributed by atoms with Gasteiger partial charge in [0.15, 0.2) is 11.6 Å². The van der Waals surface area contributed by atoms with Crippen molar-refractivity contribution in [3.63, 3.8) is 0 Å². The Bertz CT molecular complexity index is 587. The number of phenolic OH excluding ortho intramolecular Hbond substituents is 1. The van der Waals surface area contributed by atoms with Crippen LogP contribution in [0.2, 0.25) is 0 Å². The maximum absolute atomic E-state index is 13.2. The van der Waals surface area contributed by atoms with E-state index in [9.17, 15) is 4.39 Å². The number of aromatic nitrogens is 2. The van der Waals surface area contributed by atoms with Crippen molar-refractivity contribution in [3.05, 3.63) is 47.2 Å². The van der Waals surface area contributed by atoms with Crippen LogP contribution >= 0.6 is 0 Å². The monoisotopic (exact) mass is 261 g/mol. The van der Waals surface area contributed by atoms with Crippen LogP contribution in [-0.4, -0.2) is 15.1 Å². The molecule has 2 rings (SSSR count). The summed E-state index contributed by atoms with van der Waals surface area (Å²) in [6.45, 7) is 4.31. The first-order valence-corrected chi connectivity index (χ1v) is 6.14. The molecule has 19 heavy (non-hydrogen) atoms. The van der Waals surface area contributed by atoms with Crippen LogP contribution in [0.5, 0.6) is 5.75 Å². The van der Waals surface area contributed by atoms with Gasteiger partial charge in [0, 0.05) is 18.3 Å². The van der Waals surface area contributed by atoms with E-state index in [1.807, 2.05) is 19.9 Å². The lowest BCUT2D eigenvalue weighted by Gasteiger charge is -2.08. The van der Waals surface area contributed by atoms with Crippen LogP contribution in [0.15, 0.2) is 24.3 Å². The maximum Gasteiger partial charge on any atom is 0.165 e. The molecule has 1 aromatic heterocycles. The number of anilines is 1. The van der Waals surface area contributed by atoms with Crippen LogP contribution in [0.3, 0.4) is 0 Å². The van der Waals surface area contributed by atoms with Crippen LogP contribution in [0.1, 0.15) is 24.0 Å². The van der Waals surface area contributed by atoms with Crippen LogP contribution < -0.4 is 5.32 Å². The van der Waals surface area contributed by atoms with E-state index >= 15 is 0 Å². The van der Waals surface area contributed by atoms with Gasteiger partial charge < -0.3 is 10.4 Å². The van der Waals surface area contributed by atoms with Crippen molar-refractivity contribution >= 4 is 5.82 Å². The first-order valence-electron chi connectivity index (χ1n) is 6.14. The van der Waals surface area contributed by atoms with Crippen molar-refractivity contribution in [1.29, 1.82) is 0 Å². The second-order valence-corrected chi connectivity index (χ2v) is 4.28. The summed E-state index contributed by atoms with van der Waals surface area (Å²) in [6, 6.07) is 6.19. The van der Waals surface area contributed by atoms with Crippen molar-refractivity contribution in [2.75, 3.05) is 5.32 Å². The third-order valence-electron chi connectivity index (χ3n) is 2.74. The lowest BCUT2D eigenvalue weighted by atomic mass is 10.2. The minimum atomic E-state index is -0.618. The number of hydrogen-bond donors (Lipinski definition) is 2. The van der Waals surface area contributed by atoms with E-state index in [1.54, 1.807) is 6.07 Å². The Kier molecular flexibility index (Phi) is 3.94. The van der Waals surface area contributed by atoms with E-state index in [-0.39, 0.29) is 5.75 Å². The largest absolute Gasteiger partial charge is 0.505 e. The molecular formula is C14H16FN3O. The Labute approximate surface area is 111 Å². The van der Waals surface area contributed by atoms with Gasteiger partial charge in [-0.25, -0.2) is 14.4 Å². The third-order valence-corrected chi connectivity index (χ3v) is 2.74. The molecule has 0 aliphatic rings. The SMILES string of the molecule is CCc1cc(NCc2ccc(O)c(F)c2)nc(C)n1. The van der Waals surface area contributed by atoms with E-state index in [1.165, 1.54) is 12.1 Å². The van der Waals surface area contributed by atoms with Gasteiger partial charge >= 0.3 is 0 Å². The summed E-state index contributed by atoms with van der Waals surface area (Å²) in [5.74, 6) is 0.471. The minimum Gasteiger partial charge on any atom is -0.505 e. The molecule has 0 fully saturated rings. The molecule has 0 aliphatic heterocycles. The molecule has 1 aromatic carbocycles. The second kappa shape index (κ2) is 5.65. The molecule has 0 saturated carbocycles. The smallest absolute Gasteiger partial charge is 0.165 e. The van der Waals surface area contributed by atoms with Crippen molar-refractivity contribution in [1.82, 2.24) is 9.97 Å². The molecule has 0 amide bonds. The van der Waals surface area contributed by atoms with Crippen LogP contribution in [-0.2, 0) is 13.0 Å². The van der Waals surface area contributed by atoms with Crippen molar-refractivity contribution < 1.29 is 9.50 Å². The van der Waals surface area contributed by atoms with E-state index in [0.717, 1.165) is 23.5 Å². The van der Waals surface area contributed by atoms with Gasteiger partial charge in [-0.15, -0.1) is 0 Å². The highest BCUT2D eigenvalue weighted by atomic mass is 19.1.